The molecule has 27 heavy (non-hydrogen) atoms. The standard InChI is InChI=1S/C13H13NO.C7H5Cl2NO2/c14-9-11-6-5-10(7-8-15)12-3-1-2-4-13(11)12;8-5-3(7(10)12)1-2-4(11)6(5)9/h1-6,9,14-15H,7-8H2;1-2,11H,(H2,10,12). The summed E-state index contributed by atoms with van der Waals surface area (Å²) in [6, 6.07) is 14.5. The lowest BCUT2D eigenvalue weighted by atomic mass is 9.98. The number of benzene rings is 3. The molecule has 1 amide bonds. The summed E-state index contributed by atoms with van der Waals surface area (Å²) in [5.41, 5.74) is 7.13. The minimum atomic E-state index is -0.679. The molecule has 0 saturated heterocycles. The average molecular weight is 405 g/mol. The van der Waals surface area contributed by atoms with Crippen molar-refractivity contribution >= 4 is 46.1 Å². The molecule has 0 bridgehead atoms. The summed E-state index contributed by atoms with van der Waals surface area (Å²) in [5, 5.41) is 27.5. The van der Waals surface area contributed by atoms with Gasteiger partial charge in [-0.15, -0.1) is 0 Å². The van der Waals surface area contributed by atoms with Gasteiger partial charge in [0.25, 0.3) is 0 Å². The summed E-state index contributed by atoms with van der Waals surface area (Å²) in [6.07, 6.45) is 2.03. The van der Waals surface area contributed by atoms with Crippen molar-refractivity contribution in [2.75, 3.05) is 6.61 Å². The Morgan fingerprint density at radius 2 is 1.70 bits per heavy atom. The first kappa shape index (κ1) is 20.7. The van der Waals surface area contributed by atoms with Gasteiger partial charge in [0.15, 0.2) is 0 Å². The number of nitrogens with two attached hydrogens (primary N) is 1. The molecule has 3 aromatic carbocycles. The van der Waals surface area contributed by atoms with Gasteiger partial charge in [-0.3, -0.25) is 4.79 Å². The second-order valence-corrected chi connectivity index (χ2v) is 6.36. The Balaban J connectivity index is 0.000000199. The molecule has 0 unspecified atom stereocenters. The third-order valence-electron chi connectivity index (χ3n) is 3.91. The number of nitrogens with one attached hydrogen (secondary N) is 1. The topological polar surface area (TPSA) is 107 Å². The Morgan fingerprint density at radius 3 is 2.30 bits per heavy atom. The number of carbonyl (C=O) groups excluding carboxylic acids is 1. The van der Waals surface area contributed by atoms with E-state index in [-0.39, 0.29) is 28.0 Å². The number of carbonyl (C=O) groups is 1. The van der Waals surface area contributed by atoms with Gasteiger partial charge in [-0.1, -0.05) is 59.6 Å². The Bertz CT molecular complexity index is 990. The molecule has 0 saturated carbocycles. The summed E-state index contributed by atoms with van der Waals surface area (Å²) in [4.78, 5) is 10.7. The van der Waals surface area contributed by atoms with Gasteiger partial charge in [-0.25, -0.2) is 0 Å². The maximum absolute atomic E-state index is 10.7. The first-order valence-electron chi connectivity index (χ1n) is 7.99. The van der Waals surface area contributed by atoms with Crippen LogP contribution in [0.3, 0.4) is 0 Å². The molecular weight excluding hydrogens is 387 g/mol. The normalized spacial score (nSPS) is 10.2. The lowest BCUT2D eigenvalue weighted by Gasteiger charge is -2.07. The van der Waals surface area contributed by atoms with Crippen molar-refractivity contribution in [3.05, 3.63) is 75.3 Å². The molecule has 0 spiro atoms. The predicted molar refractivity (Wildman–Crippen MR) is 109 cm³/mol. The SMILES string of the molecule is N=Cc1ccc(CCO)c2ccccc12.NC(=O)c1ccc(O)c(Cl)c1Cl. The van der Waals surface area contributed by atoms with Gasteiger partial charge < -0.3 is 21.4 Å². The molecule has 0 fully saturated rings. The molecule has 140 valence electrons. The number of aromatic hydroxyl groups is 1. The predicted octanol–water partition coefficient (Wildman–Crippen LogP) is 4.17. The number of phenolic OH excluding ortho intramolecular Hbond substituents is 1. The molecule has 7 heteroatoms. The molecule has 0 aliphatic heterocycles. The van der Waals surface area contributed by atoms with Crippen LogP contribution in [0, 0.1) is 5.41 Å². The Morgan fingerprint density at radius 1 is 1.04 bits per heavy atom. The van der Waals surface area contributed by atoms with Gasteiger partial charge >= 0.3 is 0 Å². The van der Waals surface area contributed by atoms with Crippen LogP contribution in [0.5, 0.6) is 5.75 Å². The van der Waals surface area contributed by atoms with Crippen LogP contribution >= 0.6 is 23.2 Å². The Kier molecular flexibility index (Phi) is 7.19. The van der Waals surface area contributed by atoms with Crippen molar-refractivity contribution in [1.29, 1.82) is 5.41 Å². The molecule has 3 aromatic rings. The highest BCUT2D eigenvalue weighted by Crippen LogP contribution is 2.33. The van der Waals surface area contributed by atoms with Crippen LogP contribution in [0.2, 0.25) is 10.0 Å². The van der Waals surface area contributed by atoms with Gasteiger partial charge in [-0.2, -0.15) is 0 Å². The highest BCUT2D eigenvalue weighted by atomic mass is 35.5. The second-order valence-electron chi connectivity index (χ2n) is 5.60. The third kappa shape index (κ3) is 4.77. The van der Waals surface area contributed by atoms with E-state index in [9.17, 15) is 4.79 Å². The third-order valence-corrected chi connectivity index (χ3v) is 4.78. The molecule has 0 aliphatic rings. The lowest BCUT2D eigenvalue weighted by molar-refractivity contribution is 0.100. The fourth-order valence-electron chi connectivity index (χ4n) is 2.58. The number of halogens is 2. The molecular formula is C20H18Cl2N2O3. The number of hydrogen-bond acceptors (Lipinski definition) is 4. The van der Waals surface area contributed by atoms with Gasteiger partial charge in [0, 0.05) is 12.8 Å². The summed E-state index contributed by atoms with van der Waals surface area (Å²) in [7, 11) is 0. The summed E-state index contributed by atoms with van der Waals surface area (Å²) >= 11 is 11.1. The highest BCUT2D eigenvalue weighted by Gasteiger charge is 2.12. The fourth-order valence-corrected chi connectivity index (χ4v) is 3.00. The molecule has 5 N–H and O–H groups in total. The van der Waals surface area contributed by atoms with E-state index in [1.54, 1.807) is 0 Å². The van der Waals surface area contributed by atoms with Crippen LogP contribution < -0.4 is 5.73 Å². The van der Waals surface area contributed by atoms with E-state index in [0.717, 1.165) is 21.9 Å². The van der Waals surface area contributed by atoms with Crippen LogP contribution in [-0.2, 0) is 6.42 Å². The van der Waals surface area contributed by atoms with Crippen LogP contribution in [0.4, 0.5) is 0 Å². The van der Waals surface area contributed by atoms with Crippen molar-refractivity contribution in [2.24, 2.45) is 5.73 Å². The highest BCUT2D eigenvalue weighted by molar-refractivity contribution is 6.44. The quantitative estimate of drug-likeness (QED) is 0.490. The number of amides is 1. The minimum absolute atomic E-state index is 0.0239. The molecule has 3 rings (SSSR count). The number of phenols is 1. The number of aliphatic hydroxyl groups excluding tert-OH is 1. The van der Waals surface area contributed by atoms with Crippen molar-refractivity contribution < 1.29 is 15.0 Å². The zero-order chi connectivity index (χ0) is 20.0. The number of hydrogen-bond donors (Lipinski definition) is 4. The molecule has 0 heterocycles. The largest absolute Gasteiger partial charge is 0.506 e. The zero-order valence-electron chi connectivity index (χ0n) is 14.2. The van der Waals surface area contributed by atoms with E-state index in [1.807, 2.05) is 36.4 Å². The minimum Gasteiger partial charge on any atom is -0.506 e. The lowest BCUT2D eigenvalue weighted by Crippen LogP contribution is -2.11. The number of aliphatic hydroxyl groups is 1. The Hall–Kier alpha value is -2.60. The van der Waals surface area contributed by atoms with Crippen LogP contribution in [0.15, 0.2) is 48.5 Å². The second kappa shape index (κ2) is 9.37. The van der Waals surface area contributed by atoms with E-state index in [4.69, 9.17) is 44.6 Å². The number of primary amides is 1. The monoisotopic (exact) mass is 404 g/mol. The van der Waals surface area contributed by atoms with Gasteiger partial charge in [0.05, 0.1) is 10.6 Å². The maximum atomic E-state index is 10.7. The van der Waals surface area contributed by atoms with E-state index in [0.29, 0.717) is 6.42 Å². The van der Waals surface area contributed by atoms with Gasteiger partial charge in [-0.05, 0) is 40.5 Å². The molecule has 0 aromatic heterocycles. The van der Waals surface area contributed by atoms with Crippen molar-refractivity contribution in [1.82, 2.24) is 0 Å². The average Bonchev–Trinajstić information content (AvgIpc) is 2.67. The first-order chi connectivity index (χ1) is 12.9. The van der Waals surface area contributed by atoms with Crippen LogP contribution in [0.25, 0.3) is 10.8 Å². The van der Waals surface area contributed by atoms with Gasteiger partial charge in [0.1, 0.15) is 10.8 Å². The Labute approximate surface area is 166 Å². The van der Waals surface area contributed by atoms with Crippen molar-refractivity contribution in [3.8, 4) is 5.75 Å². The van der Waals surface area contributed by atoms with Crippen molar-refractivity contribution in [2.45, 2.75) is 6.42 Å². The number of fused-ring (bicyclic) bond motifs is 1. The van der Waals surface area contributed by atoms with E-state index in [2.05, 4.69) is 0 Å². The summed E-state index contributed by atoms with van der Waals surface area (Å²) < 4.78 is 0. The maximum Gasteiger partial charge on any atom is 0.250 e. The van der Waals surface area contributed by atoms with E-state index >= 15 is 0 Å². The molecule has 0 radical (unpaired) electrons. The zero-order valence-corrected chi connectivity index (χ0v) is 15.8. The smallest absolute Gasteiger partial charge is 0.250 e. The molecule has 0 atom stereocenters. The summed E-state index contributed by atoms with van der Waals surface area (Å²) in [5.74, 6) is -0.853. The van der Waals surface area contributed by atoms with E-state index in [1.165, 1.54) is 18.3 Å². The van der Waals surface area contributed by atoms with E-state index < -0.39 is 5.91 Å². The fraction of sp³-hybridized carbons (Fsp3) is 0.100. The van der Waals surface area contributed by atoms with Crippen LogP contribution in [-0.4, -0.2) is 28.9 Å². The first-order valence-corrected chi connectivity index (χ1v) is 8.75. The van der Waals surface area contributed by atoms with Crippen molar-refractivity contribution in [3.63, 3.8) is 0 Å². The van der Waals surface area contributed by atoms with Crippen LogP contribution in [0.1, 0.15) is 21.5 Å². The summed E-state index contributed by atoms with van der Waals surface area (Å²) in [6.45, 7) is 0.161. The molecule has 5 nitrogen and oxygen atoms in total. The van der Waals surface area contributed by atoms with Gasteiger partial charge in [0.2, 0.25) is 5.91 Å². The number of rotatable bonds is 4. The molecule has 0 aliphatic carbocycles.